The Hall–Kier alpha value is -4.19. The Morgan fingerprint density at radius 2 is 1.80 bits per heavy atom. The van der Waals surface area contributed by atoms with Crippen LogP contribution in [0.3, 0.4) is 0 Å². The minimum atomic E-state index is -0.919. The van der Waals surface area contributed by atoms with Crippen molar-refractivity contribution in [3.63, 3.8) is 0 Å². The fourth-order valence-electron chi connectivity index (χ4n) is 4.70. The SMILES string of the molecule is CCCc1nc2c(C)cc(-c3nccn3C)cc2n1Cc1ccc(-c2ccccc2C(=O)O)cc1. The number of hydrogen-bond acceptors (Lipinski definition) is 3. The summed E-state index contributed by atoms with van der Waals surface area (Å²) in [4.78, 5) is 21.2. The fourth-order valence-corrected chi connectivity index (χ4v) is 4.70. The van der Waals surface area contributed by atoms with Crippen molar-refractivity contribution in [1.82, 2.24) is 19.1 Å². The van der Waals surface area contributed by atoms with Crippen molar-refractivity contribution in [2.24, 2.45) is 7.05 Å². The van der Waals surface area contributed by atoms with E-state index in [1.807, 2.05) is 48.3 Å². The molecule has 0 saturated carbocycles. The summed E-state index contributed by atoms with van der Waals surface area (Å²) in [6.45, 7) is 4.97. The van der Waals surface area contributed by atoms with Gasteiger partial charge in [-0.05, 0) is 53.8 Å². The molecule has 0 aliphatic carbocycles. The quantitative estimate of drug-likeness (QED) is 0.315. The zero-order valence-corrected chi connectivity index (χ0v) is 20.2. The Kier molecular flexibility index (Phi) is 5.95. The lowest BCUT2D eigenvalue weighted by Crippen LogP contribution is -2.05. The third kappa shape index (κ3) is 4.23. The Bertz CT molecular complexity index is 1530. The zero-order valence-electron chi connectivity index (χ0n) is 20.2. The fraction of sp³-hybridized carbons (Fsp3) is 0.207. The Morgan fingerprint density at radius 3 is 2.49 bits per heavy atom. The summed E-state index contributed by atoms with van der Waals surface area (Å²) in [5.41, 5.74) is 7.40. The molecule has 5 aromatic rings. The monoisotopic (exact) mass is 464 g/mol. The van der Waals surface area contributed by atoms with Crippen molar-refractivity contribution in [3.8, 4) is 22.5 Å². The molecule has 2 heterocycles. The van der Waals surface area contributed by atoms with Gasteiger partial charge < -0.3 is 14.2 Å². The molecule has 6 heteroatoms. The number of hydrogen-bond donors (Lipinski definition) is 1. The van der Waals surface area contributed by atoms with E-state index in [1.54, 1.807) is 12.1 Å². The Labute approximate surface area is 204 Å². The van der Waals surface area contributed by atoms with Crippen molar-refractivity contribution >= 4 is 17.0 Å². The van der Waals surface area contributed by atoms with Crippen LogP contribution in [0.5, 0.6) is 0 Å². The average molecular weight is 465 g/mol. The summed E-state index contributed by atoms with van der Waals surface area (Å²) in [6.07, 6.45) is 5.69. The summed E-state index contributed by atoms with van der Waals surface area (Å²) in [5, 5.41) is 9.55. The third-order valence-corrected chi connectivity index (χ3v) is 6.44. The van der Waals surface area contributed by atoms with Gasteiger partial charge in [-0.1, -0.05) is 49.4 Å². The molecule has 2 aromatic heterocycles. The van der Waals surface area contributed by atoms with Crippen LogP contribution in [-0.2, 0) is 20.0 Å². The van der Waals surface area contributed by atoms with Crippen molar-refractivity contribution < 1.29 is 9.90 Å². The van der Waals surface area contributed by atoms with Crippen molar-refractivity contribution in [2.75, 3.05) is 0 Å². The van der Waals surface area contributed by atoms with E-state index in [2.05, 4.69) is 47.7 Å². The average Bonchev–Trinajstić information content (AvgIpc) is 3.44. The molecule has 5 rings (SSSR count). The summed E-state index contributed by atoms with van der Waals surface area (Å²) in [7, 11) is 2.01. The highest BCUT2D eigenvalue weighted by Crippen LogP contribution is 2.29. The van der Waals surface area contributed by atoms with Crippen LogP contribution < -0.4 is 0 Å². The number of imidazole rings is 2. The highest BCUT2D eigenvalue weighted by Gasteiger charge is 2.16. The minimum absolute atomic E-state index is 0.309. The lowest BCUT2D eigenvalue weighted by atomic mass is 9.98. The van der Waals surface area contributed by atoms with Gasteiger partial charge in [0.15, 0.2) is 0 Å². The largest absolute Gasteiger partial charge is 0.478 e. The van der Waals surface area contributed by atoms with Crippen LogP contribution in [0.15, 0.2) is 73.1 Å². The maximum absolute atomic E-state index is 11.6. The van der Waals surface area contributed by atoms with Crippen LogP contribution in [0.1, 0.15) is 40.7 Å². The lowest BCUT2D eigenvalue weighted by Gasteiger charge is -2.12. The molecule has 0 saturated heterocycles. The van der Waals surface area contributed by atoms with Gasteiger partial charge in [-0.25, -0.2) is 14.8 Å². The molecule has 0 amide bonds. The first-order valence-corrected chi connectivity index (χ1v) is 11.9. The highest BCUT2D eigenvalue weighted by molar-refractivity contribution is 5.96. The molecule has 0 atom stereocenters. The van der Waals surface area contributed by atoms with Crippen molar-refractivity contribution in [3.05, 3.63) is 95.6 Å². The normalized spacial score (nSPS) is 11.3. The molecule has 3 aromatic carbocycles. The number of carbonyl (C=O) groups is 1. The maximum Gasteiger partial charge on any atom is 0.336 e. The van der Waals surface area contributed by atoms with Crippen LogP contribution in [0.25, 0.3) is 33.5 Å². The van der Waals surface area contributed by atoms with Crippen LogP contribution in [0.2, 0.25) is 0 Å². The summed E-state index contributed by atoms with van der Waals surface area (Å²) in [5.74, 6) is 1.08. The number of aromatic nitrogens is 4. The second-order valence-electron chi connectivity index (χ2n) is 8.93. The van der Waals surface area contributed by atoms with E-state index in [0.29, 0.717) is 12.1 Å². The van der Waals surface area contributed by atoms with Crippen LogP contribution >= 0.6 is 0 Å². The second-order valence-corrected chi connectivity index (χ2v) is 8.93. The number of rotatable bonds is 7. The number of aryl methyl sites for hydroxylation is 3. The minimum Gasteiger partial charge on any atom is -0.478 e. The number of aromatic carboxylic acids is 1. The van der Waals surface area contributed by atoms with E-state index in [-0.39, 0.29) is 0 Å². The first kappa shape index (κ1) is 22.6. The highest BCUT2D eigenvalue weighted by atomic mass is 16.4. The van der Waals surface area contributed by atoms with E-state index < -0.39 is 5.97 Å². The molecule has 6 nitrogen and oxygen atoms in total. The number of carboxylic acids is 1. The first-order valence-electron chi connectivity index (χ1n) is 11.9. The van der Waals surface area contributed by atoms with Crippen LogP contribution in [0, 0.1) is 6.92 Å². The predicted octanol–water partition coefficient (Wildman–Crippen LogP) is 6.11. The molecular weight excluding hydrogens is 436 g/mol. The number of benzene rings is 3. The summed E-state index contributed by atoms with van der Waals surface area (Å²) >= 11 is 0. The number of fused-ring (bicyclic) bond motifs is 1. The standard InChI is InChI=1S/C29H28N4O2/c1-4-7-26-31-27-19(2)16-22(28-30-14-15-32(28)3)17-25(27)33(26)18-20-10-12-21(13-11-20)23-8-5-6-9-24(23)29(34)35/h5-6,8-17H,4,7,18H2,1-3H3,(H,34,35). The summed E-state index contributed by atoms with van der Waals surface area (Å²) in [6, 6.07) is 19.6. The van der Waals surface area contributed by atoms with Gasteiger partial charge >= 0.3 is 5.97 Å². The first-order chi connectivity index (χ1) is 17.0. The van der Waals surface area contributed by atoms with Crippen LogP contribution in [0.4, 0.5) is 0 Å². The van der Waals surface area contributed by atoms with E-state index in [4.69, 9.17) is 4.98 Å². The molecule has 0 spiro atoms. The molecular formula is C29H28N4O2. The third-order valence-electron chi connectivity index (χ3n) is 6.44. The molecule has 35 heavy (non-hydrogen) atoms. The molecule has 0 bridgehead atoms. The van der Waals surface area contributed by atoms with Gasteiger partial charge in [-0.2, -0.15) is 0 Å². The Balaban J connectivity index is 1.55. The van der Waals surface area contributed by atoms with Gasteiger partial charge in [0.1, 0.15) is 11.6 Å². The number of carboxylic acid groups (broad SMARTS) is 1. The molecule has 176 valence electrons. The van der Waals surface area contributed by atoms with Crippen LogP contribution in [-0.4, -0.2) is 30.2 Å². The van der Waals surface area contributed by atoms with Gasteiger partial charge in [0.05, 0.1) is 16.6 Å². The predicted molar refractivity (Wildman–Crippen MR) is 139 cm³/mol. The topological polar surface area (TPSA) is 72.9 Å². The number of nitrogens with zero attached hydrogens (tertiary/aromatic N) is 4. The summed E-state index contributed by atoms with van der Waals surface area (Å²) < 4.78 is 4.33. The van der Waals surface area contributed by atoms with Crippen molar-refractivity contribution in [1.29, 1.82) is 0 Å². The molecule has 0 fully saturated rings. The van der Waals surface area contributed by atoms with Gasteiger partial charge in [-0.3, -0.25) is 0 Å². The van der Waals surface area contributed by atoms with Gasteiger partial charge in [0.25, 0.3) is 0 Å². The molecule has 1 N–H and O–H groups in total. The van der Waals surface area contributed by atoms with E-state index in [1.165, 1.54) is 0 Å². The second kappa shape index (κ2) is 9.22. The zero-order chi connectivity index (χ0) is 24.5. The molecule has 0 aliphatic heterocycles. The van der Waals surface area contributed by atoms with Gasteiger partial charge in [0, 0.05) is 38.0 Å². The van der Waals surface area contributed by atoms with E-state index in [0.717, 1.165) is 63.3 Å². The maximum atomic E-state index is 11.6. The lowest BCUT2D eigenvalue weighted by molar-refractivity contribution is 0.0697. The van der Waals surface area contributed by atoms with Gasteiger partial charge in [0.2, 0.25) is 0 Å². The molecule has 0 aliphatic rings. The smallest absolute Gasteiger partial charge is 0.336 e. The van der Waals surface area contributed by atoms with Gasteiger partial charge in [-0.15, -0.1) is 0 Å². The van der Waals surface area contributed by atoms with E-state index in [9.17, 15) is 9.90 Å². The Morgan fingerprint density at radius 1 is 1.03 bits per heavy atom. The molecule has 0 radical (unpaired) electrons. The van der Waals surface area contributed by atoms with E-state index >= 15 is 0 Å². The van der Waals surface area contributed by atoms with Crippen molar-refractivity contribution in [2.45, 2.75) is 33.2 Å². The molecule has 0 unspecified atom stereocenters.